The van der Waals surface area contributed by atoms with Gasteiger partial charge in [-0.3, -0.25) is 0 Å². The molecule has 0 atom stereocenters. The van der Waals surface area contributed by atoms with Gasteiger partial charge in [-0.2, -0.15) is 0 Å². The van der Waals surface area contributed by atoms with E-state index in [1.807, 2.05) is 0 Å². The third-order valence-corrected chi connectivity index (χ3v) is 6.93. The van der Waals surface area contributed by atoms with Crippen LogP contribution in [0.5, 0.6) is 0 Å². The lowest BCUT2D eigenvalue weighted by Crippen LogP contribution is -2.27. The van der Waals surface area contributed by atoms with Crippen LogP contribution < -0.4 is 20.8 Å². The molecule has 0 unspecified atom stereocenters. The number of nitrogens with zero attached hydrogens (tertiary/aromatic N) is 2. The summed E-state index contributed by atoms with van der Waals surface area (Å²) in [4.78, 5) is 6.51. The molecule has 0 saturated carbocycles. The molecule has 0 radical (unpaired) electrons. The van der Waals surface area contributed by atoms with Crippen molar-refractivity contribution in [3.8, 4) is 0 Å². The zero-order valence-corrected chi connectivity index (χ0v) is 16.1. The summed E-state index contributed by atoms with van der Waals surface area (Å²) in [6.07, 6.45) is 3.19. The molecule has 1 heterocycles. The van der Waals surface area contributed by atoms with Crippen LogP contribution in [0.4, 0.5) is 5.69 Å². The van der Waals surface area contributed by atoms with Gasteiger partial charge in [-0.15, -0.1) is 0 Å². The molecule has 0 fully saturated rings. The molecule has 0 bridgehead atoms. The molecule has 3 nitrogen and oxygen atoms in total. The average Bonchev–Trinajstić information content (AvgIpc) is 3.23. The Kier molecular flexibility index (Phi) is 5.32. The quantitative estimate of drug-likeness (QED) is 0.478. The highest BCUT2D eigenvalue weighted by molar-refractivity contribution is 7.80. The molecule has 0 aliphatic heterocycles. The Morgan fingerprint density at radius 2 is 1.41 bits per heavy atom. The summed E-state index contributed by atoms with van der Waals surface area (Å²) in [5, 5.41) is 4.04. The Morgan fingerprint density at radius 3 is 2.00 bits per heavy atom. The minimum Gasteiger partial charge on any atom is -0.451 e. The Morgan fingerprint density at radius 1 is 0.815 bits per heavy atom. The van der Waals surface area contributed by atoms with Crippen molar-refractivity contribution >= 4 is 29.5 Å². The van der Waals surface area contributed by atoms with Crippen molar-refractivity contribution in [1.82, 2.24) is 4.98 Å². The number of hydrogen-bond acceptors (Lipinski definition) is 3. The molecule has 0 aliphatic carbocycles. The van der Waals surface area contributed by atoms with Gasteiger partial charge in [-0.05, 0) is 24.6 Å². The fraction of sp³-hybridized carbons (Fsp3) is 0.0870. The topological polar surface area (TPSA) is 29.3 Å². The molecule has 0 spiro atoms. The smallest absolute Gasteiger partial charge is 0.180 e. The van der Waals surface area contributed by atoms with Crippen LogP contribution in [0.15, 0.2) is 102 Å². The molecule has 1 aromatic heterocycles. The van der Waals surface area contributed by atoms with E-state index >= 15 is 0 Å². The summed E-state index contributed by atoms with van der Waals surface area (Å²) in [5.41, 5.74) is 2.15. The summed E-state index contributed by atoms with van der Waals surface area (Å²) in [6.45, 7) is 0.709. The van der Waals surface area contributed by atoms with Gasteiger partial charge in [0.25, 0.3) is 0 Å². The maximum absolute atomic E-state index is 5.13. The lowest BCUT2D eigenvalue weighted by molar-refractivity contribution is 0.556. The summed E-state index contributed by atoms with van der Waals surface area (Å²) >= 11 is 0. The predicted molar refractivity (Wildman–Crippen MR) is 114 cm³/mol. The number of rotatable bonds is 6. The first kappa shape index (κ1) is 17.5. The first-order chi connectivity index (χ1) is 13.3. The number of hydrogen-bond donors (Lipinski definition) is 0. The van der Waals surface area contributed by atoms with Crippen molar-refractivity contribution in [3.05, 3.63) is 103 Å². The molecule has 4 heteroatoms. The molecule has 0 amide bonds. The van der Waals surface area contributed by atoms with E-state index in [0.717, 1.165) is 5.69 Å². The summed E-state index contributed by atoms with van der Waals surface area (Å²) < 4.78 is 5.13. The second kappa shape index (κ2) is 8.20. The summed E-state index contributed by atoms with van der Waals surface area (Å²) in [6, 6.07) is 30.2. The minimum atomic E-state index is -0.648. The molecule has 0 saturated heterocycles. The standard InChI is InChI=1S/C23H21N2OP/c1-25(16-19-17-26-18-24-19)22-14-8-9-15-23(22)27(20-10-4-2-5-11-20)21-12-6-3-7-13-21/h2-15,17-18H,16H2,1H3. The van der Waals surface area contributed by atoms with E-state index in [2.05, 4.69) is 102 Å². The monoisotopic (exact) mass is 372 g/mol. The SMILES string of the molecule is CN(Cc1cocn1)c1ccccc1P(c1ccccc1)c1ccccc1. The highest BCUT2D eigenvalue weighted by Crippen LogP contribution is 2.36. The highest BCUT2D eigenvalue weighted by Gasteiger charge is 2.21. The van der Waals surface area contributed by atoms with Crippen molar-refractivity contribution in [3.63, 3.8) is 0 Å². The lowest BCUT2D eigenvalue weighted by atomic mass is 10.3. The molecular formula is C23H21N2OP. The van der Waals surface area contributed by atoms with E-state index < -0.39 is 7.92 Å². The van der Waals surface area contributed by atoms with E-state index in [-0.39, 0.29) is 0 Å². The fourth-order valence-corrected chi connectivity index (χ4v) is 5.71. The average molecular weight is 372 g/mol. The number of para-hydroxylation sites is 1. The highest BCUT2D eigenvalue weighted by atomic mass is 31.1. The van der Waals surface area contributed by atoms with Crippen molar-refractivity contribution in [1.29, 1.82) is 0 Å². The molecule has 0 N–H and O–H groups in total. The van der Waals surface area contributed by atoms with Gasteiger partial charge in [-0.1, -0.05) is 78.9 Å². The van der Waals surface area contributed by atoms with Crippen LogP contribution in [0.25, 0.3) is 0 Å². The number of benzene rings is 3. The van der Waals surface area contributed by atoms with Crippen LogP contribution >= 0.6 is 7.92 Å². The second-order valence-electron chi connectivity index (χ2n) is 6.33. The predicted octanol–water partition coefficient (Wildman–Crippen LogP) is 4.07. The van der Waals surface area contributed by atoms with Crippen LogP contribution in [-0.4, -0.2) is 12.0 Å². The van der Waals surface area contributed by atoms with E-state index in [0.29, 0.717) is 6.54 Å². The molecule has 4 rings (SSSR count). The van der Waals surface area contributed by atoms with Crippen LogP contribution in [0.3, 0.4) is 0 Å². The molecule has 134 valence electrons. The van der Waals surface area contributed by atoms with Crippen molar-refractivity contribution < 1.29 is 4.42 Å². The first-order valence-corrected chi connectivity index (χ1v) is 10.2. The van der Waals surface area contributed by atoms with Gasteiger partial charge in [0.1, 0.15) is 6.26 Å². The van der Waals surface area contributed by atoms with Gasteiger partial charge in [0, 0.05) is 18.0 Å². The van der Waals surface area contributed by atoms with Gasteiger partial charge >= 0.3 is 0 Å². The van der Waals surface area contributed by atoms with Crippen LogP contribution in [0.1, 0.15) is 5.69 Å². The fourth-order valence-electron chi connectivity index (χ4n) is 3.20. The van der Waals surface area contributed by atoms with Gasteiger partial charge < -0.3 is 9.32 Å². The maximum atomic E-state index is 5.13. The van der Waals surface area contributed by atoms with E-state index in [1.165, 1.54) is 28.0 Å². The molecule has 3 aromatic carbocycles. The van der Waals surface area contributed by atoms with E-state index in [4.69, 9.17) is 4.42 Å². The molecule has 4 aromatic rings. The minimum absolute atomic E-state index is 0.648. The number of anilines is 1. The third-order valence-electron chi connectivity index (χ3n) is 4.45. The van der Waals surface area contributed by atoms with E-state index in [1.54, 1.807) is 6.26 Å². The Hall–Kier alpha value is -2.90. The molecule has 27 heavy (non-hydrogen) atoms. The Bertz CT molecular complexity index is 932. The van der Waals surface area contributed by atoms with Crippen LogP contribution in [0.2, 0.25) is 0 Å². The first-order valence-electron chi connectivity index (χ1n) is 8.90. The maximum Gasteiger partial charge on any atom is 0.180 e. The second-order valence-corrected chi connectivity index (χ2v) is 8.52. The Labute approximate surface area is 161 Å². The van der Waals surface area contributed by atoms with Crippen molar-refractivity contribution in [2.45, 2.75) is 6.54 Å². The summed E-state index contributed by atoms with van der Waals surface area (Å²) in [5.74, 6) is 0. The van der Waals surface area contributed by atoms with E-state index in [9.17, 15) is 0 Å². The molecule has 0 aliphatic rings. The lowest BCUT2D eigenvalue weighted by Gasteiger charge is -2.27. The van der Waals surface area contributed by atoms with Crippen molar-refractivity contribution in [2.24, 2.45) is 0 Å². The third kappa shape index (κ3) is 3.94. The zero-order valence-electron chi connectivity index (χ0n) is 15.2. The largest absolute Gasteiger partial charge is 0.451 e. The van der Waals surface area contributed by atoms with Crippen molar-refractivity contribution in [2.75, 3.05) is 11.9 Å². The van der Waals surface area contributed by atoms with Crippen LogP contribution in [0, 0.1) is 0 Å². The van der Waals surface area contributed by atoms with Gasteiger partial charge in [0.05, 0.1) is 12.2 Å². The van der Waals surface area contributed by atoms with Gasteiger partial charge in [-0.25, -0.2) is 4.98 Å². The van der Waals surface area contributed by atoms with Gasteiger partial charge in [0.2, 0.25) is 0 Å². The zero-order chi connectivity index (χ0) is 18.5. The Balaban J connectivity index is 1.79. The van der Waals surface area contributed by atoms with Gasteiger partial charge in [0.15, 0.2) is 6.39 Å². The number of oxazole rings is 1. The van der Waals surface area contributed by atoms with Crippen LogP contribution in [-0.2, 0) is 6.54 Å². The summed E-state index contributed by atoms with van der Waals surface area (Å²) in [7, 11) is 1.46. The number of aromatic nitrogens is 1. The normalized spacial score (nSPS) is 10.9. The molecular weight excluding hydrogens is 351 g/mol.